The number of aromatic nitrogens is 4. The third-order valence-corrected chi connectivity index (χ3v) is 5.82. The van der Waals surface area contributed by atoms with E-state index in [0.29, 0.717) is 23.9 Å². The molecule has 3 heterocycles. The third-order valence-electron chi connectivity index (χ3n) is 5.82. The molecule has 1 aromatic carbocycles. The van der Waals surface area contributed by atoms with Crippen LogP contribution in [-0.4, -0.2) is 48.9 Å². The topological polar surface area (TPSA) is 102 Å². The largest absolute Gasteiger partial charge is 0.388 e. The van der Waals surface area contributed by atoms with E-state index in [2.05, 4.69) is 15.4 Å². The first kappa shape index (κ1) is 20.5. The number of nitrogens with one attached hydrogen (secondary N) is 1. The Hall–Kier alpha value is -2.81. The van der Waals surface area contributed by atoms with Gasteiger partial charge in [-0.15, -0.1) is 12.4 Å². The van der Waals surface area contributed by atoms with Gasteiger partial charge in [0.2, 0.25) is 0 Å². The molecule has 156 valence electrons. The lowest BCUT2D eigenvalue weighted by Gasteiger charge is -2.32. The molecule has 0 bridgehead atoms. The standard InChI is InChI=1S/C21H21N5O3.ClH/c1-25-19(14-2-4-15-13(10-14)3-5-16(15)27)17-18(24-25)20(28)26(12-23-17)11-21(29)6-8-22-9-7-21;/h2-5,10,12,22,29H,6-9,11H2,1H3;1H. The van der Waals surface area contributed by atoms with Crippen molar-refractivity contribution < 1.29 is 9.90 Å². The summed E-state index contributed by atoms with van der Waals surface area (Å²) in [5, 5.41) is 18.4. The number of ketones is 1. The number of benzene rings is 1. The van der Waals surface area contributed by atoms with Crippen molar-refractivity contribution in [1.82, 2.24) is 24.6 Å². The monoisotopic (exact) mass is 427 g/mol. The van der Waals surface area contributed by atoms with Crippen LogP contribution in [0.3, 0.4) is 0 Å². The minimum absolute atomic E-state index is 0. The molecular weight excluding hydrogens is 406 g/mol. The summed E-state index contributed by atoms with van der Waals surface area (Å²) in [7, 11) is 1.77. The molecule has 30 heavy (non-hydrogen) atoms. The van der Waals surface area contributed by atoms with Crippen molar-refractivity contribution >= 4 is 35.3 Å². The van der Waals surface area contributed by atoms with Crippen molar-refractivity contribution in [3.63, 3.8) is 0 Å². The van der Waals surface area contributed by atoms with E-state index in [1.165, 1.54) is 10.9 Å². The summed E-state index contributed by atoms with van der Waals surface area (Å²) in [5.74, 6) is -0.00160. The molecule has 1 saturated heterocycles. The van der Waals surface area contributed by atoms with Crippen LogP contribution in [0.4, 0.5) is 0 Å². The fourth-order valence-corrected chi connectivity index (χ4v) is 4.23. The molecule has 8 nitrogen and oxygen atoms in total. The predicted octanol–water partition coefficient (Wildman–Crippen LogP) is 1.54. The second-order valence-electron chi connectivity index (χ2n) is 7.82. The Bertz CT molecular complexity index is 1240. The van der Waals surface area contributed by atoms with Crippen LogP contribution in [0.15, 0.2) is 35.4 Å². The zero-order valence-electron chi connectivity index (χ0n) is 16.5. The average molecular weight is 428 g/mol. The highest BCUT2D eigenvalue weighted by molar-refractivity contribution is 6.14. The van der Waals surface area contributed by atoms with Crippen molar-refractivity contribution in [3.05, 3.63) is 52.1 Å². The van der Waals surface area contributed by atoms with Crippen LogP contribution in [0.1, 0.15) is 28.8 Å². The van der Waals surface area contributed by atoms with E-state index in [1.807, 2.05) is 12.1 Å². The van der Waals surface area contributed by atoms with Crippen molar-refractivity contribution in [3.8, 4) is 11.3 Å². The first-order valence-electron chi connectivity index (χ1n) is 9.67. The quantitative estimate of drug-likeness (QED) is 0.657. The highest BCUT2D eigenvalue weighted by Gasteiger charge is 2.30. The average Bonchev–Trinajstić information content (AvgIpc) is 3.24. The lowest BCUT2D eigenvalue weighted by Crippen LogP contribution is -2.46. The Morgan fingerprint density at radius 3 is 2.70 bits per heavy atom. The molecule has 2 N–H and O–H groups in total. The van der Waals surface area contributed by atoms with E-state index in [4.69, 9.17) is 0 Å². The van der Waals surface area contributed by atoms with Gasteiger partial charge in [-0.1, -0.05) is 12.1 Å². The summed E-state index contributed by atoms with van der Waals surface area (Å²) >= 11 is 0. The maximum Gasteiger partial charge on any atom is 0.281 e. The summed E-state index contributed by atoms with van der Waals surface area (Å²) < 4.78 is 3.10. The van der Waals surface area contributed by atoms with Crippen molar-refractivity contribution in [1.29, 1.82) is 0 Å². The maximum atomic E-state index is 13.0. The molecule has 0 spiro atoms. The van der Waals surface area contributed by atoms with Gasteiger partial charge >= 0.3 is 0 Å². The van der Waals surface area contributed by atoms with Gasteiger partial charge < -0.3 is 10.4 Å². The zero-order chi connectivity index (χ0) is 20.2. The molecule has 0 atom stereocenters. The van der Waals surface area contributed by atoms with Gasteiger partial charge in [-0.3, -0.25) is 18.8 Å². The van der Waals surface area contributed by atoms with E-state index in [1.54, 1.807) is 29.9 Å². The van der Waals surface area contributed by atoms with Gasteiger partial charge in [0.25, 0.3) is 5.56 Å². The van der Waals surface area contributed by atoms with Crippen LogP contribution < -0.4 is 10.9 Å². The molecule has 0 saturated carbocycles. The summed E-state index contributed by atoms with van der Waals surface area (Å²) in [6, 6.07) is 5.56. The molecule has 0 amide bonds. The maximum absolute atomic E-state index is 13.0. The molecule has 5 rings (SSSR count). The SMILES string of the molecule is Cl.Cn1nc2c(=O)n(CC3(O)CCNCC3)cnc2c1-c1ccc2c(c1)C=CC2=O. The number of fused-ring (bicyclic) bond motifs is 2. The minimum Gasteiger partial charge on any atom is -0.388 e. The van der Waals surface area contributed by atoms with Crippen LogP contribution in [0.5, 0.6) is 0 Å². The molecule has 0 radical (unpaired) electrons. The second kappa shape index (κ2) is 7.46. The van der Waals surface area contributed by atoms with Crippen LogP contribution in [-0.2, 0) is 13.6 Å². The Morgan fingerprint density at radius 1 is 1.17 bits per heavy atom. The van der Waals surface area contributed by atoms with Crippen molar-refractivity contribution in [2.24, 2.45) is 7.05 Å². The Morgan fingerprint density at radius 2 is 1.93 bits per heavy atom. The summed E-state index contributed by atoms with van der Waals surface area (Å²) in [5.41, 5.74) is 2.69. The lowest BCUT2D eigenvalue weighted by molar-refractivity contribution is -0.00628. The first-order chi connectivity index (χ1) is 14.0. The van der Waals surface area contributed by atoms with E-state index < -0.39 is 5.60 Å². The number of carbonyl (C=O) groups excluding carboxylic acids is 1. The summed E-state index contributed by atoms with van der Waals surface area (Å²) in [6.45, 7) is 1.65. The van der Waals surface area contributed by atoms with Gasteiger partial charge in [-0.05, 0) is 49.7 Å². The highest BCUT2D eigenvalue weighted by atomic mass is 35.5. The van der Waals surface area contributed by atoms with E-state index in [9.17, 15) is 14.7 Å². The van der Waals surface area contributed by atoms with Gasteiger partial charge in [0.1, 0.15) is 5.52 Å². The van der Waals surface area contributed by atoms with Gasteiger partial charge in [0.15, 0.2) is 11.3 Å². The molecule has 1 aliphatic carbocycles. The van der Waals surface area contributed by atoms with Crippen molar-refractivity contribution in [2.45, 2.75) is 25.0 Å². The first-order valence-corrected chi connectivity index (χ1v) is 9.67. The number of nitrogens with zero attached hydrogens (tertiary/aromatic N) is 4. The third kappa shape index (κ3) is 3.27. The number of aliphatic hydroxyl groups is 1. The molecular formula is C21H22ClN5O3. The van der Waals surface area contributed by atoms with Gasteiger partial charge in [-0.25, -0.2) is 4.98 Å². The van der Waals surface area contributed by atoms with Crippen molar-refractivity contribution in [2.75, 3.05) is 13.1 Å². The second-order valence-corrected chi connectivity index (χ2v) is 7.82. The van der Waals surface area contributed by atoms with Crippen LogP contribution in [0, 0.1) is 0 Å². The zero-order valence-corrected chi connectivity index (χ0v) is 17.3. The fraction of sp³-hybridized carbons (Fsp3) is 0.333. The Labute approximate surface area is 178 Å². The predicted molar refractivity (Wildman–Crippen MR) is 116 cm³/mol. The molecule has 2 aromatic heterocycles. The molecule has 2 aliphatic rings. The fourth-order valence-electron chi connectivity index (χ4n) is 4.23. The number of piperidine rings is 1. The highest BCUT2D eigenvalue weighted by Crippen LogP contribution is 2.30. The molecule has 1 fully saturated rings. The summed E-state index contributed by atoms with van der Waals surface area (Å²) in [6.07, 6.45) is 6.02. The molecule has 0 unspecified atom stereocenters. The number of hydrogen-bond donors (Lipinski definition) is 2. The van der Waals surface area contributed by atoms with Crippen LogP contribution in [0.25, 0.3) is 28.4 Å². The Balaban J connectivity index is 0.00000218. The Kier molecular flexibility index (Phi) is 5.09. The van der Waals surface area contributed by atoms with Crippen LogP contribution >= 0.6 is 12.4 Å². The van der Waals surface area contributed by atoms with Gasteiger partial charge in [0.05, 0.1) is 24.2 Å². The van der Waals surface area contributed by atoms with E-state index >= 15 is 0 Å². The number of halogens is 1. The van der Waals surface area contributed by atoms with Gasteiger partial charge in [-0.2, -0.15) is 5.10 Å². The molecule has 9 heteroatoms. The summed E-state index contributed by atoms with van der Waals surface area (Å²) in [4.78, 5) is 29.4. The number of allylic oxidation sites excluding steroid dienone is 1. The van der Waals surface area contributed by atoms with E-state index in [-0.39, 0.29) is 35.8 Å². The number of rotatable bonds is 3. The molecule has 1 aliphatic heterocycles. The number of carbonyl (C=O) groups is 1. The van der Waals surface area contributed by atoms with Gasteiger partial charge in [0, 0.05) is 18.2 Å². The van der Waals surface area contributed by atoms with Crippen LogP contribution in [0.2, 0.25) is 0 Å². The number of hydrogen-bond acceptors (Lipinski definition) is 6. The minimum atomic E-state index is -0.916. The smallest absolute Gasteiger partial charge is 0.281 e. The normalized spacial score (nSPS) is 17.2. The lowest BCUT2D eigenvalue weighted by atomic mass is 9.92. The number of aryl methyl sites for hydroxylation is 1. The van der Waals surface area contributed by atoms with E-state index in [0.717, 1.165) is 29.9 Å². The molecule has 3 aromatic rings.